The van der Waals surface area contributed by atoms with Crippen LogP contribution in [0.4, 0.5) is 17.1 Å². The van der Waals surface area contributed by atoms with Crippen LogP contribution in [0.25, 0.3) is 0 Å². The number of nitro benzene ring substituents is 1. The van der Waals surface area contributed by atoms with Crippen LogP contribution in [0.3, 0.4) is 0 Å². The third kappa shape index (κ3) is 4.71. The molecule has 8 nitrogen and oxygen atoms in total. The van der Waals surface area contributed by atoms with E-state index >= 15 is 0 Å². The number of anilines is 2. The van der Waals surface area contributed by atoms with Gasteiger partial charge in [0.05, 0.1) is 29.7 Å². The third-order valence-corrected chi connectivity index (χ3v) is 7.22. The Kier molecular flexibility index (Phi) is 6.75. The highest BCUT2D eigenvalue weighted by atomic mass is 16.6. The molecular formula is C28H30N4O4. The maximum Gasteiger partial charge on any atom is 0.269 e. The number of piperazine rings is 1. The van der Waals surface area contributed by atoms with Gasteiger partial charge in [0.25, 0.3) is 5.69 Å². The number of nitrogens with one attached hydrogen (secondary N) is 1. The number of hydrogen-bond donors (Lipinski definition) is 1. The standard InChI is InChI=1S/C28H30N4O4/c1-36-27-10-6-5-9-25(27)30-15-16-31-24-12-11-22(32(34)35)17-21(24)18-23(26(31)19-30)28(33)29-14-13-20-7-3-2-4-8-20/h2-12,17,23,26H,13-16,18-19H2,1H3,(H,29,33)/t23-,26-/m1/s1. The van der Waals surface area contributed by atoms with E-state index < -0.39 is 0 Å². The van der Waals surface area contributed by atoms with Crippen molar-refractivity contribution in [2.75, 3.05) is 43.1 Å². The van der Waals surface area contributed by atoms with Crippen molar-refractivity contribution in [3.05, 3.63) is 94.0 Å². The summed E-state index contributed by atoms with van der Waals surface area (Å²) in [5.41, 5.74) is 4.08. The quantitative estimate of drug-likeness (QED) is 0.403. The van der Waals surface area contributed by atoms with Gasteiger partial charge >= 0.3 is 0 Å². The van der Waals surface area contributed by atoms with Crippen molar-refractivity contribution < 1.29 is 14.5 Å². The second kappa shape index (κ2) is 10.3. The number of nitrogens with zero attached hydrogens (tertiary/aromatic N) is 3. The maximum atomic E-state index is 13.5. The molecule has 186 valence electrons. The number of hydrogen-bond acceptors (Lipinski definition) is 6. The summed E-state index contributed by atoms with van der Waals surface area (Å²) in [6.45, 7) is 2.68. The van der Waals surface area contributed by atoms with E-state index in [9.17, 15) is 14.9 Å². The molecule has 1 amide bonds. The van der Waals surface area contributed by atoms with E-state index in [1.54, 1.807) is 19.2 Å². The first kappa shape index (κ1) is 23.7. The first-order chi connectivity index (χ1) is 17.5. The average Bonchev–Trinajstić information content (AvgIpc) is 2.92. The molecule has 2 aliphatic heterocycles. The lowest BCUT2D eigenvalue weighted by Gasteiger charge is -2.49. The summed E-state index contributed by atoms with van der Waals surface area (Å²) in [6.07, 6.45) is 1.22. The van der Waals surface area contributed by atoms with Crippen molar-refractivity contribution in [2.24, 2.45) is 5.92 Å². The number of para-hydroxylation sites is 2. The van der Waals surface area contributed by atoms with Gasteiger partial charge in [-0.3, -0.25) is 14.9 Å². The monoisotopic (exact) mass is 486 g/mol. The molecular weight excluding hydrogens is 456 g/mol. The van der Waals surface area contributed by atoms with E-state index in [-0.39, 0.29) is 28.5 Å². The first-order valence-electron chi connectivity index (χ1n) is 12.3. The third-order valence-electron chi connectivity index (χ3n) is 7.22. The van der Waals surface area contributed by atoms with Crippen LogP contribution in [-0.4, -0.2) is 50.2 Å². The van der Waals surface area contributed by atoms with Crippen LogP contribution >= 0.6 is 0 Å². The van der Waals surface area contributed by atoms with E-state index in [0.29, 0.717) is 26.1 Å². The van der Waals surface area contributed by atoms with Crippen molar-refractivity contribution in [1.29, 1.82) is 0 Å². The Morgan fingerprint density at radius 2 is 1.83 bits per heavy atom. The molecule has 2 atom stereocenters. The van der Waals surface area contributed by atoms with Crippen molar-refractivity contribution in [1.82, 2.24) is 5.32 Å². The first-order valence-corrected chi connectivity index (χ1v) is 12.3. The van der Waals surface area contributed by atoms with Gasteiger partial charge in [0, 0.05) is 44.0 Å². The minimum absolute atomic E-state index is 0.0139. The van der Waals surface area contributed by atoms with Crippen LogP contribution in [0.5, 0.6) is 5.75 Å². The van der Waals surface area contributed by atoms with Crippen molar-refractivity contribution >= 4 is 23.0 Å². The fraction of sp³-hybridized carbons (Fsp3) is 0.321. The molecule has 1 N–H and O–H groups in total. The number of carbonyl (C=O) groups excluding carboxylic acids is 1. The molecule has 3 aromatic carbocycles. The summed E-state index contributed by atoms with van der Waals surface area (Å²) < 4.78 is 5.60. The normalized spacial score (nSPS) is 18.7. The Labute approximate surface area is 210 Å². The van der Waals surface area contributed by atoms with E-state index in [1.807, 2.05) is 48.5 Å². The van der Waals surface area contributed by atoms with E-state index in [4.69, 9.17) is 4.74 Å². The van der Waals surface area contributed by atoms with Gasteiger partial charge in [0.2, 0.25) is 5.91 Å². The number of benzene rings is 3. The Balaban J connectivity index is 1.41. The molecule has 0 bridgehead atoms. The minimum atomic E-state index is -0.374. The van der Waals surface area contributed by atoms with Gasteiger partial charge in [-0.1, -0.05) is 42.5 Å². The number of ether oxygens (including phenoxy) is 1. The molecule has 0 unspecified atom stereocenters. The molecule has 1 fully saturated rings. The van der Waals surface area contributed by atoms with Gasteiger partial charge in [-0.05, 0) is 42.2 Å². The number of non-ortho nitro benzene ring substituents is 1. The van der Waals surface area contributed by atoms with Crippen LogP contribution in [0.2, 0.25) is 0 Å². The fourth-order valence-electron chi connectivity index (χ4n) is 5.44. The summed E-state index contributed by atoms with van der Waals surface area (Å²) in [4.78, 5) is 29.1. The molecule has 36 heavy (non-hydrogen) atoms. The fourth-order valence-corrected chi connectivity index (χ4v) is 5.44. The van der Waals surface area contributed by atoms with Crippen LogP contribution in [0.1, 0.15) is 11.1 Å². The highest BCUT2D eigenvalue weighted by Gasteiger charge is 2.42. The molecule has 0 saturated carbocycles. The van der Waals surface area contributed by atoms with Crippen LogP contribution < -0.4 is 19.9 Å². The molecule has 0 spiro atoms. The highest BCUT2D eigenvalue weighted by molar-refractivity contribution is 5.82. The van der Waals surface area contributed by atoms with Gasteiger partial charge in [-0.15, -0.1) is 0 Å². The zero-order chi connectivity index (χ0) is 25.1. The number of carbonyl (C=O) groups is 1. The number of fused-ring (bicyclic) bond motifs is 3. The Bertz CT molecular complexity index is 1250. The van der Waals surface area contributed by atoms with Crippen molar-refractivity contribution in [3.63, 3.8) is 0 Å². The van der Waals surface area contributed by atoms with Gasteiger partial charge in [0.1, 0.15) is 5.75 Å². The number of nitro groups is 1. The summed E-state index contributed by atoms with van der Waals surface area (Å²) >= 11 is 0. The molecule has 0 aliphatic carbocycles. The summed E-state index contributed by atoms with van der Waals surface area (Å²) in [5, 5.41) is 14.6. The molecule has 3 aromatic rings. The number of amides is 1. The molecule has 8 heteroatoms. The second-order valence-corrected chi connectivity index (χ2v) is 9.29. The topological polar surface area (TPSA) is 87.9 Å². The predicted molar refractivity (Wildman–Crippen MR) is 140 cm³/mol. The lowest BCUT2D eigenvalue weighted by Crippen LogP contribution is -2.61. The van der Waals surface area contributed by atoms with Crippen molar-refractivity contribution in [3.8, 4) is 5.75 Å². The summed E-state index contributed by atoms with van der Waals surface area (Å²) in [5.74, 6) is 0.467. The number of rotatable bonds is 7. The van der Waals surface area contributed by atoms with Gasteiger partial charge in [0.15, 0.2) is 0 Å². The Morgan fingerprint density at radius 1 is 1.06 bits per heavy atom. The molecule has 2 aliphatic rings. The number of methoxy groups -OCH3 is 1. The van der Waals surface area contributed by atoms with Crippen molar-refractivity contribution in [2.45, 2.75) is 18.9 Å². The van der Waals surface area contributed by atoms with E-state index in [1.165, 1.54) is 5.56 Å². The van der Waals surface area contributed by atoms with E-state index in [0.717, 1.165) is 35.7 Å². The lowest BCUT2D eigenvalue weighted by molar-refractivity contribution is -0.384. The van der Waals surface area contributed by atoms with Crippen LogP contribution in [-0.2, 0) is 17.6 Å². The smallest absolute Gasteiger partial charge is 0.269 e. The van der Waals surface area contributed by atoms with Crippen LogP contribution in [0, 0.1) is 16.0 Å². The zero-order valence-electron chi connectivity index (χ0n) is 20.3. The maximum absolute atomic E-state index is 13.5. The highest BCUT2D eigenvalue weighted by Crippen LogP contribution is 2.39. The largest absolute Gasteiger partial charge is 0.495 e. The van der Waals surface area contributed by atoms with Crippen LogP contribution in [0.15, 0.2) is 72.8 Å². The van der Waals surface area contributed by atoms with Gasteiger partial charge in [-0.25, -0.2) is 0 Å². The minimum Gasteiger partial charge on any atom is -0.495 e. The molecule has 2 heterocycles. The van der Waals surface area contributed by atoms with E-state index in [2.05, 4.69) is 27.2 Å². The Hall–Kier alpha value is -4.07. The molecule has 0 radical (unpaired) electrons. The lowest BCUT2D eigenvalue weighted by atomic mass is 9.83. The van der Waals surface area contributed by atoms with Gasteiger partial charge in [-0.2, -0.15) is 0 Å². The molecule has 0 aromatic heterocycles. The molecule has 5 rings (SSSR count). The SMILES string of the molecule is COc1ccccc1N1CCN2c3ccc([N+](=O)[O-])cc3C[C@@H](C(=O)NCCc3ccccc3)[C@H]2C1. The van der Waals surface area contributed by atoms with Gasteiger partial charge < -0.3 is 19.9 Å². The summed E-state index contributed by atoms with van der Waals surface area (Å²) in [7, 11) is 1.67. The predicted octanol–water partition coefficient (Wildman–Crippen LogP) is 3.83. The zero-order valence-corrected chi connectivity index (χ0v) is 20.3. The molecule has 1 saturated heterocycles. The summed E-state index contributed by atoms with van der Waals surface area (Å²) in [6, 6.07) is 23.0. The second-order valence-electron chi connectivity index (χ2n) is 9.29. The average molecular weight is 487 g/mol. The Morgan fingerprint density at radius 3 is 2.61 bits per heavy atom.